The van der Waals surface area contributed by atoms with E-state index in [-0.39, 0.29) is 29.9 Å². The zero-order valence-electron chi connectivity index (χ0n) is 25.6. The van der Waals surface area contributed by atoms with Crippen LogP contribution in [0.25, 0.3) is 10.9 Å². The van der Waals surface area contributed by atoms with Crippen LogP contribution in [0.4, 0.5) is 0 Å². The predicted molar refractivity (Wildman–Crippen MR) is 166 cm³/mol. The van der Waals surface area contributed by atoms with E-state index in [1.807, 2.05) is 43.3 Å². The number of nitrogens with zero attached hydrogens (tertiary/aromatic N) is 4. The normalized spacial score (nSPS) is 13.4. The molecule has 230 valence electrons. The van der Waals surface area contributed by atoms with Crippen LogP contribution in [-0.4, -0.2) is 88.3 Å². The van der Waals surface area contributed by atoms with Crippen molar-refractivity contribution in [3.8, 4) is 35.1 Å². The first-order valence-corrected chi connectivity index (χ1v) is 14.2. The standard InChI is InChI=1S/C31H37BrN4O7/c1-36(2)12-11-31(37,19-15-24(38-3)34-25(16-19)39-4)27(21-17-26(40-5)35-30(43-8)28(21)41-6)22-14-18-13-20(32)9-10-23(18)33-29(22)42-7/h9-10,13-17,27,37H,11-12H2,1-8H3/t27-,31-/m1/s1. The number of aromatic nitrogens is 3. The fraction of sp³-hybridized carbons (Fsp3) is 0.387. The van der Waals surface area contributed by atoms with Crippen molar-refractivity contribution in [1.29, 1.82) is 0 Å². The fourth-order valence-electron chi connectivity index (χ4n) is 5.16. The first-order chi connectivity index (χ1) is 20.6. The molecule has 0 saturated carbocycles. The molecule has 4 rings (SSSR count). The van der Waals surface area contributed by atoms with E-state index < -0.39 is 11.5 Å². The number of hydrogen-bond acceptors (Lipinski definition) is 11. The van der Waals surface area contributed by atoms with E-state index in [1.54, 1.807) is 25.3 Å². The molecule has 0 bridgehead atoms. The van der Waals surface area contributed by atoms with Gasteiger partial charge in [-0.3, -0.25) is 0 Å². The van der Waals surface area contributed by atoms with Crippen LogP contribution in [0.15, 0.2) is 46.9 Å². The van der Waals surface area contributed by atoms with E-state index in [9.17, 15) is 5.11 Å². The van der Waals surface area contributed by atoms with E-state index in [1.165, 1.54) is 35.5 Å². The predicted octanol–water partition coefficient (Wildman–Crippen LogP) is 4.81. The molecule has 0 fully saturated rings. The van der Waals surface area contributed by atoms with E-state index in [4.69, 9.17) is 33.4 Å². The van der Waals surface area contributed by atoms with Gasteiger partial charge in [-0.05, 0) is 50.3 Å². The molecule has 0 amide bonds. The highest BCUT2D eigenvalue weighted by Gasteiger charge is 2.45. The zero-order chi connectivity index (χ0) is 31.3. The molecule has 0 radical (unpaired) electrons. The van der Waals surface area contributed by atoms with Gasteiger partial charge >= 0.3 is 0 Å². The Balaban J connectivity index is 2.19. The summed E-state index contributed by atoms with van der Waals surface area (Å²) in [4.78, 5) is 15.7. The Bertz CT molecular complexity index is 1560. The third kappa shape index (κ3) is 6.56. The maximum atomic E-state index is 13.2. The van der Waals surface area contributed by atoms with Crippen molar-refractivity contribution in [1.82, 2.24) is 19.9 Å². The van der Waals surface area contributed by atoms with Gasteiger partial charge in [-0.25, -0.2) is 4.98 Å². The minimum atomic E-state index is -1.65. The first-order valence-electron chi connectivity index (χ1n) is 13.4. The Kier molecular flexibility index (Phi) is 10.2. The Labute approximate surface area is 259 Å². The molecule has 12 heteroatoms. The molecule has 0 aliphatic carbocycles. The Morgan fingerprint density at radius 3 is 1.93 bits per heavy atom. The number of ether oxygens (including phenoxy) is 6. The molecule has 0 unspecified atom stereocenters. The van der Waals surface area contributed by atoms with Crippen LogP contribution in [0.1, 0.15) is 29.0 Å². The number of pyridine rings is 3. The summed E-state index contributed by atoms with van der Waals surface area (Å²) >= 11 is 3.57. The van der Waals surface area contributed by atoms with E-state index in [0.717, 1.165) is 15.4 Å². The molecule has 0 aliphatic heterocycles. The quantitative estimate of drug-likeness (QED) is 0.214. The molecule has 0 saturated heterocycles. The maximum absolute atomic E-state index is 13.2. The van der Waals surface area contributed by atoms with Crippen LogP contribution < -0.4 is 28.4 Å². The van der Waals surface area contributed by atoms with E-state index >= 15 is 0 Å². The molecule has 11 nitrogen and oxygen atoms in total. The Morgan fingerprint density at radius 2 is 1.37 bits per heavy atom. The molecule has 3 aromatic heterocycles. The van der Waals surface area contributed by atoms with Crippen molar-refractivity contribution >= 4 is 26.8 Å². The summed E-state index contributed by atoms with van der Waals surface area (Å²) in [5.41, 5.74) is 0.710. The van der Waals surface area contributed by atoms with Gasteiger partial charge in [0.2, 0.25) is 23.5 Å². The molecule has 1 aromatic carbocycles. The smallest absolute Gasteiger partial charge is 0.260 e. The van der Waals surface area contributed by atoms with Crippen molar-refractivity contribution in [2.75, 3.05) is 63.3 Å². The number of halogens is 1. The second-order valence-corrected chi connectivity index (χ2v) is 11.0. The molecule has 3 heterocycles. The summed E-state index contributed by atoms with van der Waals surface area (Å²) < 4.78 is 34.9. The second-order valence-electron chi connectivity index (χ2n) is 10.1. The maximum Gasteiger partial charge on any atom is 0.260 e. The van der Waals surface area contributed by atoms with Crippen molar-refractivity contribution in [2.24, 2.45) is 0 Å². The highest BCUT2D eigenvalue weighted by Crippen LogP contribution is 2.52. The SMILES string of the molecule is COc1cc([C@](O)(CCN(C)C)[C@@H](c2cc3cc(Br)ccc3nc2OC)c2cc(OC)nc(OC)c2OC)cc(OC)n1. The summed E-state index contributed by atoms with van der Waals surface area (Å²) in [6.07, 6.45) is 0.261. The van der Waals surface area contributed by atoms with Crippen LogP contribution in [0.3, 0.4) is 0 Å². The molecule has 2 atom stereocenters. The van der Waals surface area contributed by atoms with Crippen LogP contribution in [0, 0.1) is 0 Å². The van der Waals surface area contributed by atoms with Gasteiger partial charge in [-0.2, -0.15) is 9.97 Å². The van der Waals surface area contributed by atoms with Crippen LogP contribution in [-0.2, 0) is 5.60 Å². The van der Waals surface area contributed by atoms with Gasteiger partial charge in [0.05, 0.1) is 54.1 Å². The molecular formula is C31H37BrN4O7. The third-order valence-electron chi connectivity index (χ3n) is 7.25. The molecule has 0 aliphatic rings. The van der Waals surface area contributed by atoms with Crippen LogP contribution in [0.5, 0.6) is 35.1 Å². The summed E-state index contributed by atoms with van der Waals surface area (Å²) in [7, 11) is 13.0. The van der Waals surface area contributed by atoms with Gasteiger partial charge < -0.3 is 38.4 Å². The number of methoxy groups -OCH3 is 6. The van der Waals surface area contributed by atoms with Crippen molar-refractivity contribution in [3.63, 3.8) is 0 Å². The van der Waals surface area contributed by atoms with Crippen molar-refractivity contribution in [3.05, 3.63) is 63.6 Å². The number of rotatable bonds is 13. The lowest BCUT2D eigenvalue weighted by Gasteiger charge is -2.39. The number of fused-ring (bicyclic) bond motifs is 1. The minimum absolute atomic E-state index is 0.192. The average Bonchev–Trinajstić information content (AvgIpc) is 3.02. The lowest BCUT2D eigenvalue weighted by Crippen LogP contribution is -2.38. The van der Waals surface area contributed by atoms with Crippen LogP contribution in [0.2, 0.25) is 0 Å². The third-order valence-corrected chi connectivity index (χ3v) is 7.75. The van der Waals surface area contributed by atoms with Gasteiger partial charge in [0.25, 0.3) is 5.88 Å². The van der Waals surface area contributed by atoms with Gasteiger partial charge in [-0.1, -0.05) is 15.9 Å². The summed E-state index contributed by atoms with van der Waals surface area (Å²) in [6, 6.07) is 12.9. The van der Waals surface area contributed by atoms with Gasteiger partial charge in [-0.15, -0.1) is 0 Å². The lowest BCUT2D eigenvalue weighted by atomic mass is 9.71. The molecule has 43 heavy (non-hydrogen) atoms. The van der Waals surface area contributed by atoms with Gasteiger partial charge in [0.15, 0.2) is 5.75 Å². The molecule has 1 N–H and O–H groups in total. The summed E-state index contributed by atoms with van der Waals surface area (Å²) in [6.45, 7) is 0.510. The molecule has 4 aromatic rings. The largest absolute Gasteiger partial charge is 0.491 e. The van der Waals surface area contributed by atoms with Gasteiger partial charge in [0.1, 0.15) is 5.60 Å². The number of benzene rings is 1. The van der Waals surface area contributed by atoms with Crippen LogP contribution >= 0.6 is 15.9 Å². The van der Waals surface area contributed by atoms with E-state index in [2.05, 4.69) is 25.9 Å². The first kappa shape index (κ1) is 32.1. The summed E-state index contributed by atoms with van der Waals surface area (Å²) in [5, 5.41) is 14.1. The van der Waals surface area contributed by atoms with E-state index in [0.29, 0.717) is 34.9 Å². The van der Waals surface area contributed by atoms with Crippen molar-refractivity contribution in [2.45, 2.75) is 17.9 Å². The van der Waals surface area contributed by atoms with Crippen molar-refractivity contribution < 1.29 is 33.5 Å². The van der Waals surface area contributed by atoms with Gasteiger partial charge in [0, 0.05) is 45.7 Å². The highest BCUT2D eigenvalue weighted by atomic mass is 79.9. The monoisotopic (exact) mass is 656 g/mol. The summed E-state index contributed by atoms with van der Waals surface area (Å²) in [5.74, 6) is 0.802. The second kappa shape index (κ2) is 13.6. The minimum Gasteiger partial charge on any atom is -0.491 e. The molecular weight excluding hydrogens is 620 g/mol. The Morgan fingerprint density at radius 1 is 0.744 bits per heavy atom. The molecule has 0 spiro atoms. The topological polar surface area (TPSA) is 118 Å². The highest BCUT2D eigenvalue weighted by molar-refractivity contribution is 9.10. The fourth-order valence-corrected chi connectivity index (χ4v) is 5.53. The number of hydrogen-bond donors (Lipinski definition) is 1. The zero-order valence-corrected chi connectivity index (χ0v) is 27.2. The Hall–Kier alpha value is -3.87. The lowest BCUT2D eigenvalue weighted by molar-refractivity contribution is 0.00258. The average molecular weight is 658 g/mol. The number of aliphatic hydroxyl groups is 1.